The van der Waals surface area contributed by atoms with Crippen LogP contribution in [0.1, 0.15) is 12.6 Å². The molecule has 0 aliphatic carbocycles. The molecule has 0 unspecified atom stereocenters. The molecule has 7 nitrogen and oxygen atoms in total. The second kappa shape index (κ2) is 6.16. The van der Waals surface area contributed by atoms with E-state index in [1.54, 1.807) is 16.9 Å². The highest BCUT2D eigenvalue weighted by atomic mass is 16.6. The van der Waals surface area contributed by atoms with E-state index in [9.17, 15) is 10.1 Å². The molecule has 106 valence electrons. The molecule has 0 atom stereocenters. The van der Waals surface area contributed by atoms with Gasteiger partial charge in [0, 0.05) is 18.8 Å². The van der Waals surface area contributed by atoms with Gasteiger partial charge in [-0.25, -0.2) is 4.68 Å². The topological polar surface area (TPSA) is 82.2 Å². The summed E-state index contributed by atoms with van der Waals surface area (Å²) < 4.78 is 6.85. The Balaban J connectivity index is 2.32. The number of rotatable bonds is 6. The number of nitrogens with zero attached hydrogens (tertiary/aromatic N) is 3. The zero-order chi connectivity index (χ0) is 14.5. The Hall–Kier alpha value is -2.41. The van der Waals surface area contributed by atoms with E-state index in [0.29, 0.717) is 18.0 Å². The second-order valence-corrected chi connectivity index (χ2v) is 4.15. The first-order valence-electron chi connectivity index (χ1n) is 6.23. The lowest BCUT2D eigenvalue weighted by molar-refractivity contribution is -0.384. The van der Waals surface area contributed by atoms with Gasteiger partial charge < -0.3 is 10.1 Å². The van der Waals surface area contributed by atoms with Gasteiger partial charge in [0.25, 0.3) is 5.69 Å². The summed E-state index contributed by atoms with van der Waals surface area (Å²) in [6.07, 6.45) is 1.80. The number of hydrogen-bond donors (Lipinski definition) is 1. The van der Waals surface area contributed by atoms with Crippen LogP contribution in [0.5, 0.6) is 5.75 Å². The highest BCUT2D eigenvalue weighted by molar-refractivity contribution is 5.52. The van der Waals surface area contributed by atoms with Crippen molar-refractivity contribution in [3.8, 4) is 11.4 Å². The summed E-state index contributed by atoms with van der Waals surface area (Å²) in [5.74, 6) is 0.414. The van der Waals surface area contributed by atoms with Crippen molar-refractivity contribution in [2.45, 2.75) is 13.5 Å². The number of methoxy groups -OCH3 is 1. The van der Waals surface area contributed by atoms with Crippen LogP contribution in [0.4, 0.5) is 5.69 Å². The largest absolute Gasteiger partial charge is 0.494 e. The standard InChI is InChI=1S/C13H16N4O3/c1-3-14-9-10-6-7-16(15-10)12-5-4-11(17(18)19)8-13(12)20-2/h4-8,14H,3,9H2,1-2H3. The number of nitro benzene ring substituents is 1. The molecule has 0 spiro atoms. The molecule has 0 amide bonds. The molecule has 2 rings (SSSR count). The van der Waals surface area contributed by atoms with Crippen LogP contribution in [0, 0.1) is 10.1 Å². The van der Waals surface area contributed by atoms with Gasteiger partial charge in [0.05, 0.1) is 23.8 Å². The van der Waals surface area contributed by atoms with E-state index in [1.807, 2.05) is 13.0 Å². The van der Waals surface area contributed by atoms with Gasteiger partial charge in [0.2, 0.25) is 0 Å². The summed E-state index contributed by atoms with van der Waals surface area (Å²) in [4.78, 5) is 10.3. The van der Waals surface area contributed by atoms with Crippen LogP contribution in [0.25, 0.3) is 5.69 Å². The first-order chi connectivity index (χ1) is 9.65. The molecule has 1 aromatic heterocycles. The number of nitro groups is 1. The Bertz CT molecular complexity index is 609. The number of non-ortho nitro benzene ring substituents is 1. The molecule has 0 aliphatic rings. The van der Waals surface area contributed by atoms with Crippen molar-refractivity contribution < 1.29 is 9.66 Å². The van der Waals surface area contributed by atoms with E-state index in [1.165, 1.54) is 19.2 Å². The normalized spacial score (nSPS) is 10.5. The van der Waals surface area contributed by atoms with Gasteiger partial charge in [-0.15, -0.1) is 0 Å². The van der Waals surface area contributed by atoms with Gasteiger partial charge in [0.1, 0.15) is 5.69 Å². The molecule has 0 radical (unpaired) electrons. The minimum atomic E-state index is -0.452. The maximum Gasteiger partial charge on any atom is 0.273 e. The molecule has 2 aromatic rings. The lowest BCUT2D eigenvalue weighted by atomic mass is 10.2. The molecule has 0 saturated heterocycles. The Morgan fingerprint density at radius 3 is 2.90 bits per heavy atom. The molecule has 0 bridgehead atoms. The Kier molecular flexibility index (Phi) is 4.31. The monoisotopic (exact) mass is 276 g/mol. The molecule has 1 heterocycles. The third-order valence-corrected chi connectivity index (χ3v) is 2.82. The first kappa shape index (κ1) is 14.0. The highest BCUT2D eigenvalue weighted by Gasteiger charge is 2.13. The van der Waals surface area contributed by atoms with Crippen LogP contribution in [0.15, 0.2) is 30.5 Å². The van der Waals surface area contributed by atoms with Crippen molar-refractivity contribution >= 4 is 5.69 Å². The van der Waals surface area contributed by atoms with Gasteiger partial charge in [-0.1, -0.05) is 6.92 Å². The molecule has 7 heteroatoms. The lowest BCUT2D eigenvalue weighted by Gasteiger charge is -2.08. The van der Waals surface area contributed by atoms with E-state index >= 15 is 0 Å². The quantitative estimate of drug-likeness (QED) is 0.643. The molecule has 0 fully saturated rings. The molecule has 0 aliphatic heterocycles. The average Bonchev–Trinajstić information content (AvgIpc) is 2.92. The summed E-state index contributed by atoms with van der Waals surface area (Å²) >= 11 is 0. The lowest BCUT2D eigenvalue weighted by Crippen LogP contribution is -2.12. The van der Waals surface area contributed by atoms with Gasteiger partial charge in [0.15, 0.2) is 5.75 Å². The van der Waals surface area contributed by atoms with E-state index in [0.717, 1.165) is 12.2 Å². The number of ether oxygens (including phenoxy) is 1. The maximum absolute atomic E-state index is 10.8. The van der Waals surface area contributed by atoms with Crippen molar-refractivity contribution in [1.82, 2.24) is 15.1 Å². The van der Waals surface area contributed by atoms with Crippen LogP contribution in [0.3, 0.4) is 0 Å². The summed E-state index contributed by atoms with van der Waals surface area (Å²) in [7, 11) is 1.48. The van der Waals surface area contributed by atoms with E-state index in [-0.39, 0.29) is 5.69 Å². The van der Waals surface area contributed by atoms with E-state index in [2.05, 4.69) is 10.4 Å². The average molecular weight is 276 g/mol. The predicted octanol–water partition coefficient (Wildman–Crippen LogP) is 1.90. The smallest absolute Gasteiger partial charge is 0.273 e. The zero-order valence-corrected chi connectivity index (χ0v) is 11.4. The molecule has 1 N–H and O–H groups in total. The van der Waals surface area contributed by atoms with E-state index < -0.39 is 4.92 Å². The molecule has 1 aromatic carbocycles. The van der Waals surface area contributed by atoms with Crippen molar-refractivity contribution in [3.63, 3.8) is 0 Å². The number of hydrogen-bond acceptors (Lipinski definition) is 5. The Morgan fingerprint density at radius 1 is 1.45 bits per heavy atom. The first-order valence-corrected chi connectivity index (χ1v) is 6.23. The van der Waals surface area contributed by atoms with Crippen molar-refractivity contribution in [3.05, 3.63) is 46.3 Å². The van der Waals surface area contributed by atoms with Crippen LogP contribution in [-0.2, 0) is 6.54 Å². The third-order valence-electron chi connectivity index (χ3n) is 2.82. The van der Waals surface area contributed by atoms with Crippen LogP contribution >= 0.6 is 0 Å². The second-order valence-electron chi connectivity index (χ2n) is 4.15. The van der Waals surface area contributed by atoms with Crippen molar-refractivity contribution in [2.24, 2.45) is 0 Å². The summed E-state index contributed by atoms with van der Waals surface area (Å²) in [5, 5.41) is 18.3. The fourth-order valence-electron chi connectivity index (χ4n) is 1.81. The highest BCUT2D eigenvalue weighted by Crippen LogP contribution is 2.27. The third kappa shape index (κ3) is 2.94. The van der Waals surface area contributed by atoms with Crippen LogP contribution in [0.2, 0.25) is 0 Å². The summed E-state index contributed by atoms with van der Waals surface area (Å²) in [6, 6.07) is 6.34. The van der Waals surface area contributed by atoms with Gasteiger partial charge in [-0.2, -0.15) is 5.10 Å². The van der Waals surface area contributed by atoms with E-state index in [4.69, 9.17) is 4.74 Å². The zero-order valence-electron chi connectivity index (χ0n) is 11.4. The molecular weight excluding hydrogens is 260 g/mol. The van der Waals surface area contributed by atoms with Crippen LogP contribution < -0.4 is 10.1 Å². The summed E-state index contributed by atoms with van der Waals surface area (Å²) in [6.45, 7) is 3.57. The van der Waals surface area contributed by atoms with Gasteiger partial charge in [-0.05, 0) is 18.7 Å². The van der Waals surface area contributed by atoms with Crippen LogP contribution in [-0.4, -0.2) is 28.4 Å². The number of benzene rings is 1. The fourth-order valence-corrected chi connectivity index (χ4v) is 1.81. The number of aromatic nitrogens is 2. The van der Waals surface area contributed by atoms with Gasteiger partial charge >= 0.3 is 0 Å². The predicted molar refractivity (Wildman–Crippen MR) is 74.2 cm³/mol. The Labute approximate surface area is 116 Å². The minimum Gasteiger partial charge on any atom is -0.494 e. The number of nitrogens with one attached hydrogen (secondary N) is 1. The van der Waals surface area contributed by atoms with Crippen molar-refractivity contribution in [1.29, 1.82) is 0 Å². The minimum absolute atomic E-state index is 0.00868. The SMILES string of the molecule is CCNCc1ccn(-c2ccc([N+](=O)[O-])cc2OC)n1. The molecule has 20 heavy (non-hydrogen) atoms. The summed E-state index contributed by atoms with van der Waals surface area (Å²) in [5.41, 5.74) is 1.55. The Morgan fingerprint density at radius 2 is 2.25 bits per heavy atom. The van der Waals surface area contributed by atoms with Crippen molar-refractivity contribution in [2.75, 3.05) is 13.7 Å². The molecular formula is C13H16N4O3. The van der Waals surface area contributed by atoms with Gasteiger partial charge in [-0.3, -0.25) is 10.1 Å². The maximum atomic E-state index is 10.8. The fraction of sp³-hybridized carbons (Fsp3) is 0.308. The molecule has 0 saturated carbocycles.